The van der Waals surface area contributed by atoms with Crippen LogP contribution in [0, 0.1) is 0 Å². The van der Waals surface area contributed by atoms with E-state index in [0.717, 1.165) is 30.7 Å². The van der Waals surface area contributed by atoms with Crippen LogP contribution in [0.1, 0.15) is 60.6 Å². The molecule has 1 N–H and O–H groups in total. The quantitative estimate of drug-likeness (QED) is 0.692. The average molecular weight is 392 g/mol. The number of carbonyl (C=O) groups is 1. The molecule has 1 aliphatic rings. The maximum Gasteiger partial charge on any atom is 0.253 e. The Morgan fingerprint density at radius 1 is 1.10 bits per heavy atom. The van der Waals surface area contributed by atoms with Gasteiger partial charge in [0, 0.05) is 30.7 Å². The minimum Gasteiger partial charge on any atom is -0.348 e. The number of nitrogens with zero attached hydrogens (tertiary/aromatic N) is 4. The first-order valence-corrected chi connectivity index (χ1v) is 10.5. The third-order valence-corrected chi connectivity index (χ3v) is 5.59. The van der Waals surface area contributed by atoms with Crippen LogP contribution in [-0.4, -0.2) is 38.7 Å². The fraction of sp³-hybridized carbons (Fsp3) is 0.435. The number of nitrogens with one attached hydrogen (secondary N) is 1. The summed E-state index contributed by atoms with van der Waals surface area (Å²) in [5, 5.41) is 8.32. The molecule has 0 bridgehead atoms. The topological polar surface area (TPSA) is 63.1 Å². The van der Waals surface area contributed by atoms with Gasteiger partial charge in [0.05, 0.1) is 11.8 Å². The molecule has 3 heterocycles. The summed E-state index contributed by atoms with van der Waals surface area (Å²) in [6.45, 7) is 7.93. The maximum absolute atomic E-state index is 12.7. The van der Waals surface area contributed by atoms with E-state index < -0.39 is 0 Å². The van der Waals surface area contributed by atoms with Crippen molar-refractivity contribution in [2.45, 2.75) is 52.2 Å². The largest absolute Gasteiger partial charge is 0.348 e. The zero-order valence-corrected chi connectivity index (χ0v) is 17.3. The molecule has 0 unspecified atom stereocenters. The summed E-state index contributed by atoms with van der Waals surface area (Å²) in [7, 11) is 0. The van der Waals surface area contributed by atoms with E-state index in [1.165, 1.54) is 30.4 Å². The lowest BCUT2D eigenvalue weighted by molar-refractivity contribution is 0.0950. The van der Waals surface area contributed by atoms with Gasteiger partial charge in [0.25, 0.3) is 5.91 Å². The van der Waals surface area contributed by atoms with Gasteiger partial charge in [-0.05, 0) is 57.0 Å². The van der Waals surface area contributed by atoms with Crippen molar-refractivity contribution in [3.63, 3.8) is 0 Å². The number of piperidine rings is 1. The third kappa shape index (κ3) is 4.48. The summed E-state index contributed by atoms with van der Waals surface area (Å²) in [5.74, 6) is -0.107. The van der Waals surface area contributed by atoms with E-state index in [-0.39, 0.29) is 11.9 Å². The van der Waals surface area contributed by atoms with Crippen molar-refractivity contribution >= 4 is 16.9 Å². The number of pyridine rings is 1. The molecule has 0 saturated carbocycles. The summed E-state index contributed by atoms with van der Waals surface area (Å²) in [5.41, 5.74) is 3.84. The number of hydrogen-bond acceptors (Lipinski definition) is 4. The predicted molar refractivity (Wildman–Crippen MR) is 115 cm³/mol. The zero-order chi connectivity index (χ0) is 20.2. The number of likely N-dealkylation sites (tertiary alicyclic amines) is 1. The highest BCUT2D eigenvalue weighted by Crippen LogP contribution is 2.18. The predicted octanol–water partition coefficient (Wildman–Crippen LogP) is 3.93. The number of fused-ring (bicyclic) bond motifs is 1. The Morgan fingerprint density at radius 2 is 1.86 bits per heavy atom. The summed E-state index contributed by atoms with van der Waals surface area (Å²) in [6.07, 6.45) is 7.30. The Labute approximate surface area is 171 Å². The van der Waals surface area contributed by atoms with Gasteiger partial charge in [-0.3, -0.25) is 9.69 Å². The average Bonchev–Trinajstić information content (AvgIpc) is 3.17. The van der Waals surface area contributed by atoms with Gasteiger partial charge in [0.15, 0.2) is 5.65 Å². The Morgan fingerprint density at radius 3 is 2.62 bits per heavy atom. The van der Waals surface area contributed by atoms with Crippen LogP contribution in [0.5, 0.6) is 0 Å². The minimum atomic E-state index is -0.107. The molecule has 1 amide bonds. The van der Waals surface area contributed by atoms with Crippen molar-refractivity contribution < 1.29 is 4.79 Å². The van der Waals surface area contributed by atoms with Gasteiger partial charge in [-0.25, -0.2) is 9.67 Å². The van der Waals surface area contributed by atoms with Crippen LogP contribution in [0.15, 0.2) is 42.7 Å². The number of benzene rings is 1. The first-order valence-electron chi connectivity index (χ1n) is 10.5. The van der Waals surface area contributed by atoms with E-state index in [2.05, 4.69) is 52.3 Å². The molecular formula is C23H29N5O. The lowest BCUT2D eigenvalue weighted by Gasteiger charge is -2.27. The van der Waals surface area contributed by atoms with Crippen LogP contribution in [0.2, 0.25) is 0 Å². The first-order chi connectivity index (χ1) is 14.1. The number of hydrogen-bond donors (Lipinski definition) is 1. The van der Waals surface area contributed by atoms with Crippen LogP contribution in [0.25, 0.3) is 11.0 Å². The number of carbonyl (C=O) groups excluding carboxylic acids is 1. The molecule has 1 fully saturated rings. The van der Waals surface area contributed by atoms with Crippen molar-refractivity contribution in [2.24, 2.45) is 0 Å². The molecule has 3 aromatic rings. The lowest BCUT2D eigenvalue weighted by atomic mass is 10.0. The maximum atomic E-state index is 12.7. The van der Waals surface area contributed by atoms with Crippen LogP contribution in [0.3, 0.4) is 0 Å². The molecule has 0 atom stereocenters. The van der Waals surface area contributed by atoms with Crippen molar-refractivity contribution in [3.8, 4) is 0 Å². The number of aromatic nitrogens is 3. The highest BCUT2D eigenvalue weighted by molar-refractivity contribution is 5.96. The fourth-order valence-corrected chi connectivity index (χ4v) is 3.96. The van der Waals surface area contributed by atoms with E-state index in [9.17, 15) is 4.79 Å². The zero-order valence-electron chi connectivity index (χ0n) is 17.3. The normalized spacial score (nSPS) is 15.1. The smallest absolute Gasteiger partial charge is 0.253 e. The summed E-state index contributed by atoms with van der Waals surface area (Å²) < 4.78 is 1.87. The van der Waals surface area contributed by atoms with E-state index in [1.807, 2.05) is 16.8 Å². The summed E-state index contributed by atoms with van der Waals surface area (Å²) >= 11 is 0. The van der Waals surface area contributed by atoms with Gasteiger partial charge in [0.1, 0.15) is 0 Å². The Balaban J connectivity index is 1.44. The molecule has 2 aromatic heterocycles. The van der Waals surface area contributed by atoms with Crippen LogP contribution in [0.4, 0.5) is 0 Å². The molecule has 1 aliphatic heterocycles. The monoisotopic (exact) mass is 391 g/mol. The van der Waals surface area contributed by atoms with Gasteiger partial charge in [-0.1, -0.05) is 30.7 Å². The summed E-state index contributed by atoms with van der Waals surface area (Å²) in [6, 6.07) is 10.5. The Kier molecular flexibility index (Phi) is 5.90. The summed E-state index contributed by atoms with van der Waals surface area (Å²) in [4.78, 5) is 19.7. The van der Waals surface area contributed by atoms with Crippen LogP contribution < -0.4 is 5.32 Å². The van der Waals surface area contributed by atoms with Crippen molar-refractivity contribution in [2.75, 3.05) is 13.1 Å². The fourth-order valence-electron chi connectivity index (χ4n) is 3.96. The SMILES string of the molecule is CC(C)n1ncc2cc(C(=O)NCc3ccccc3CN3CCCCC3)cnc21. The molecule has 0 spiro atoms. The second-order valence-corrected chi connectivity index (χ2v) is 8.11. The van der Waals surface area contributed by atoms with E-state index in [0.29, 0.717) is 12.1 Å². The molecule has 6 heteroatoms. The third-order valence-electron chi connectivity index (χ3n) is 5.59. The van der Waals surface area contributed by atoms with E-state index >= 15 is 0 Å². The number of rotatable bonds is 6. The Bertz CT molecular complexity index is 988. The molecule has 1 saturated heterocycles. The van der Waals surface area contributed by atoms with Gasteiger partial charge in [0.2, 0.25) is 0 Å². The van der Waals surface area contributed by atoms with Crippen molar-refractivity contribution in [1.29, 1.82) is 0 Å². The molecule has 29 heavy (non-hydrogen) atoms. The highest BCUT2D eigenvalue weighted by Gasteiger charge is 2.14. The second-order valence-electron chi connectivity index (χ2n) is 8.11. The van der Waals surface area contributed by atoms with Crippen LogP contribution >= 0.6 is 0 Å². The van der Waals surface area contributed by atoms with E-state index in [4.69, 9.17) is 0 Å². The van der Waals surface area contributed by atoms with Gasteiger partial charge in [-0.2, -0.15) is 5.10 Å². The van der Waals surface area contributed by atoms with Gasteiger partial charge >= 0.3 is 0 Å². The standard InChI is InChI=1S/C23H29N5O/c1-17(2)28-22-20(15-26-28)12-21(14-24-22)23(29)25-13-18-8-4-5-9-19(18)16-27-10-6-3-7-11-27/h4-5,8-9,12,14-15,17H,3,6-7,10-11,13,16H2,1-2H3,(H,25,29). The Hall–Kier alpha value is -2.73. The lowest BCUT2D eigenvalue weighted by Crippen LogP contribution is -2.30. The molecule has 152 valence electrons. The van der Waals surface area contributed by atoms with Gasteiger partial charge < -0.3 is 5.32 Å². The van der Waals surface area contributed by atoms with E-state index in [1.54, 1.807) is 12.4 Å². The van der Waals surface area contributed by atoms with Gasteiger partial charge in [-0.15, -0.1) is 0 Å². The van der Waals surface area contributed by atoms with Crippen molar-refractivity contribution in [1.82, 2.24) is 25.0 Å². The second kappa shape index (κ2) is 8.74. The molecule has 1 aromatic carbocycles. The molecule has 4 rings (SSSR count). The first kappa shape index (κ1) is 19.6. The van der Waals surface area contributed by atoms with Crippen molar-refractivity contribution in [3.05, 3.63) is 59.4 Å². The molecule has 0 aliphatic carbocycles. The van der Waals surface area contributed by atoms with Crippen LogP contribution in [-0.2, 0) is 13.1 Å². The minimum absolute atomic E-state index is 0.107. The number of amides is 1. The molecular weight excluding hydrogens is 362 g/mol. The highest BCUT2D eigenvalue weighted by atomic mass is 16.1. The molecule has 0 radical (unpaired) electrons. The molecule has 6 nitrogen and oxygen atoms in total.